The first-order chi connectivity index (χ1) is 17.3. The van der Waals surface area contributed by atoms with E-state index in [1.807, 2.05) is 58.9 Å². The molecule has 0 radical (unpaired) electrons. The number of hydrogen-bond donors (Lipinski definition) is 1. The van der Waals surface area contributed by atoms with Crippen LogP contribution in [0.4, 0.5) is 0 Å². The molecule has 0 bridgehead atoms. The summed E-state index contributed by atoms with van der Waals surface area (Å²) in [5.74, 6) is -0.832. The fourth-order valence-corrected chi connectivity index (χ4v) is 4.91. The number of amides is 1. The Morgan fingerprint density at radius 3 is 2.56 bits per heavy atom. The molecule has 1 aromatic carbocycles. The van der Waals surface area contributed by atoms with Gasteiger partial charge in [-0.15, -0.1) is 10.2 Å². The number of unbranched alkanes of at least 4 members (excludes halogenated alkanes) is 1. The van der Waals surface area contributed by atoms with Crippen molar-refractivity contribution < 1.29 is 14.7 Å². The van der Waals surface area contributed by atoms with E-state index >= 15 is 0 Å². The second kappa shape index (κ2) is 9.81. The molecule has 1 saturated heterocycles. The number of aromatic nitrogens is 3. The van der Waals surface area contributed by atoms with Gasteiger partial charge in [0.25, 0.3) is 5.91 Å². The Kier molecular flexibility index (Phi) is 6.57. The summed E-state index contributed by atoms with van der Waals surface area (Å²) in [4.78, 5) is 36.1. The lowest BCUT2D eigenvalue weighted by molar-refractivity contribution is -0.137. The van der Waals surface area contributed by atoms with Gasteiger partial charge in [0.1, 0.15) is 18.2 Å². The molecule has 1 aromatic heterocycles. The number of likely N-dealkylation sites (tertiary alicyclic amines) is 1. The topological polar surface area (TPSA) is 113 Å². The highest BCUT2D eigenvalue weighted by atomic mass is 35.5. The van der Waals surface area contributed by atoms with Gasteiger partial charge in [-0.2, -0.15) is 0 Å². The predicted octanol–water partition coefficient (Wildman–Crippen LogP) is 3.53. The lowest BCUT2D eigenvalue weighted by Crippen LogP contribution is -2.51. The van der Waals surface area contributed by atoms with Crippen LogP contribution in [0.5, 0.6) is 0 Å². The monoisotopic (exact) mass is 506 g/mol. The maximum atomic E-state index is 13.2. The van der Waals surface area contributed by atoms with Crippen molar-refractivity contribution in [2.75, 3.05) is 13.1 Å². The van der Waals surface area contributed by atoms with Crippen molar-refractivity contribution in [3.63, 3.8) is 0 Å². The van der Waals surface area contributed by atoms with E-state index in [9.17, 15) is 9.59 Å². The number of fused-ring (bicyclic) bond motifs is 1. The maximum Gasteiger partial charge on any atom is 0.303 e. The second-order valence-corrected chi connectivity index (χ2v) is 9.98. The highest BCUT2D eigenvalue weighted by Gasteiger charge is 2.40. The summed E-state index contributed by atoms with van der Waals surface area (Å²) in [6.07, 6.45) is 11.0. The predicted molar refractivity (Wildman–Crippen MR) is 137 cm³/mol. The van der Waals surface area contributed by atoms with Gasteiger partial charge >= 0.3 is 5.97 Å². The number of carbonyl (C=O) groups is 2. The average molecular weight is 507 g/mol. The Labute approximate surface area is 213 Å². The van der Waals surface area contributed by atoms with Crippen LogP contribution in [-0.4, -0.2) is 72.7 Å². The number of nitrogens with zero attached hydrogens (tertiary/aromatic N) is 6. The summed E-state index contributed by atoms with van der Waals surface area (Å²) < 4.78 is 1.92. The molecular weight excluding hydrogens is 480 g/mol. The first kappa shape index (κ1) is 24.1. The number of benzene rings is 1. The molecule has 0 saturated carbocycles. The van der Waals surface area contributed by atoms with Crippen molar-refractivity contribution in [2.45, 2.75) is 50.2 Å². The van der Waals surface area contributed by atoms with E-state index in [0.717, 1.165) is 17.0 Å². The molecule has 1 aliphatic carbocycles. The zero-order valence-electron chi connectivity index (χ0n) is 19.9. The zero-order valence-corrected chi connectivity index (χ0v) is 20.7. The summed E-state index contributed by atoms with van der Waals surface area (Å²) in [7, 11) is 0. The average Bonchev–Trinajstić information content (AvgIpc) is 3.34. The van der Waals surface area contributed by atoms with Crippen LogP contribution in [0.15, 0.2) is 70.7 Å². The smallest absolute Gasteiger partial charge is 0.303 e. The molecule has 5 rings (SSSR count). The van der Waals surface area contributed by atoms with Gasteiger partial charge in [-0.1, -0.05) is 35.9 Å². The molecule has 1 N–H and O–H groups in total. The van der Waals surface area contributed by atoms with Crippen LogP contribution in [0.3, 0.4) is 0 Å². The van der Waals surface area contributed by atoms with Crippen molar-refractivity contribution in [2.24, 2.45) is 9.98 Å². The van der Waals surface area contributed by atoms with Crippen LogP contribution in [0, 0.1) is 0 Å². The molecule has 2 aliphatic heterocycles. The van der Waals surface area contributed by atoms with Crippen molar-refractivity contribution in [3.8, 4) is 0 Å². The van der Waals surface area contributed by atoms with Crippen molar-refractivity contribution in [1.29, 1.82) is 0 Å². The Hall–Kier alpha value is -3.59. The molecule has 3 heterocycles. The van der Waals surface area contributed by atoms with Gasteiger partial charge < -0.3 is 14.6 Å². The van der Waals surface area contributed by atoms with E-state index in [0.29, 0.717) is 42.9 Å². The van der Waals surface area contributed by atoms with Crippen molar-refractivity contribution in [1.82, 2.24) is 19.7 Å². The molecular formula is C26H27ClN6O3. The SMILES string of the molecule is CC12C=C(C(=O)N3CC(n4cnnc4)C3)C=CC1N=C(c1ccc(Cl)cc1)C(CCCCC(=O)O)=N2. The molecule has 2 unspecified atom stereocenters. The molecule has 2 aromatic rings. The summed E-state index contributed by atoms with van der Waals surface area (Å²) in [5.41, 5.74) is 2.43. The summed E-state index contributed by atoms with van der Waals surface area (Å²) in [6.45, 7) is 3.21. The normalized spacial score (nSPS) is 23.3. The van der Waals surface area contributed by atoms with E-state index in [2.05, 4.69) is 10.2 Å². The largest absolute Gasteiger partial charge is 0.481 e. The molecule has 1 fully saturated rings. The van der Waals surface area contributed by atoms with Gasteiger partial charge in [0.05, 0.1) is 23.5 Å². The molecule has 2 atom stereocenters. The number of hydrogen-bond acceptors (Lipinski definition) is 6. The quantitative estimate of drug-likeness (QED) is 0.550. The Morgan fingerprint density at radius 2 is 1.86 bits per heavy atom. The van der Waals surface area contributed by atoms with Crippen LogP contribution < -0.4 is 0 Å². The fourth-order valence-electron chi connectivity index (χ4n) is 4.78. The third kappa shape index (κ3) is 4.88. The van der Waals surface area contributed by atoms with E-state index in [1.165, 1.54) is 0 Å². The number of aliphatic carboxylic acids is 1. The van der Waals surface area contributed by atoms with Gasteiger partial charge in [0, 0.05) is 35.7 Å². The van der Waals surface area contributed by atoms with E-state index in [1.54, 1.807) is 12.7 Å². The molecule has 3 aliphatic rings. The minimum absolute atomic E-state index is 0.0269. The minimum atomic E-state index is -0.805. The van der Waals surface area contributed by atoms with Crippen LogP contribution in [0.25, 0.3) is 0 Å². The third-order valence-electron chi connectivity index (χ3n) is 6.85. The number of aliphatic imine (C=N–C) groups is 2. The second-order valence-electron chi connectivity index (χ2n) is 9.55. The highest BCUT2D eigenvalue weighted by Crippen LogP contribution is 2.34. The fraction of sp³-hybridized carbons (Fsp3) is 0.385. The van der Waals surface area contributed by atoms with Gasteiger partial charge in [0.2, 0.25) is 0 Å². The molecule has 1 amide bonds. The number of rotatable bonds is 8. The Morgan fingerprint density at radius 1 is 1.14 bits per heavy atom. The van der Waals surface area contributed by atoms with Crippen LogP contribution in [-0.2, 0) is 9.59 Å². The highest BCUT2D eigenvalue weighted by molar-refractivity contribution is 6.49. The third-order valence-corrected chi connectivity index (χ3v) is 7.10. The number of carboxylic acids is 1. The Bertz CT molecular complexity index is 1280. The number of halogens is 1. The number of carbonyl (C=O) groups excluding carboxylic acids is 1. The van der Waals surface area contributed by atoms with Crippen molar-refractivity contribution in [3.05, 3.63) is 71.3 Å². The summed E-state index contributed by atoms with van der Waals surface area (Å²) >= 11 is 6.09. The van der Waals surface area contributed by atoms with Gasteiger partial charge in [-0.25, -0.2) is 0 Å². The van der Waals surface area contributed by atoms with Gasteiger partial charge in [0.15, 0.2) is 0 Å². The van der Waals surface area contributed by atoms with Crippen LogP contribution in [0.2, 0.25) is 5.02 Å². The van der Waals surface area contributed by atoms with Gasteiger partial charge in [-0.05, 0) is 44.4 Å². The minimum Gasteiger partial charge on any atom is -0.481 e. The maximum absolute atomic E-state index is 13.2. The molecule has 186 valence electrons. The molecule has 9 nitrogen and oxygen atoms in total. The first-order valence-electron chi connectivity index (χ1n) is 12.0. The van der Waals surface area contributed by atoms with E-state index in [-0.39, 0.29) is 24.4 Å². The van der Waals surface area contributed by atoms with Gasteiger partial charge in [-0.3, -0.25) is 19.6 Å². The standard InChI is InChI=1S/C26H27ClN6O3/c1-26-12-18(25(36)32-13-20(14-32)33-15-28-29-16-33)8-11-22(26)30-24(17-6-9-19(27)10-7-17)21(31-26)4-2-3-5-23(34)35/h6-12,15-16,20,22H,2-5,13-14H2,1H3,(H,34,35). The summed E-state index contributed by atoms with van der Waals surface area (Å²) in [6, 6.07) is 7.43. The lowest BCUT2D eigenvalue weighted by atomic mass is 9.82. The van der Waals surface area contributed by atoms with Crippen LogP contribution >= 0.6 is 11.6 Å². The first-order valence-corrected chi connectivity index (χ1v) is 12.4. The molecule has 36 heavy (non-hydrogen) atoms. The lowest BCUT2D eigenvalue weighted by Gasteiger charge is -2.41. The number of carboxylic acid groups (broad SMARTS) is 1. The van der Waals surface area contributed by atoms with Crippen LogP contribution in [0.1, 0.15) is 44.2 Å². The zero-order chi connectivity index (χ0) is 25.3. The molecule has 0 spiro atoms. The Balaban J connectivity index is 1.36. The van der Waals surface area contributed by atoms with Crippen molar-refractivity contribution >= 4 is 34.9 Å². The van der Waals surface area contributed by atoms with E-state index in [4.69, 9.17) is 26.7 Å². The summed E-state index contributed by atoms with van der Waals surface area (Å²) in [5, 5.41) is 17.3. The van der Waals surface area contributed by atoms with E-state index < -0.39 is 11.5 Å². The molecule has 10 heteroatoms.